The zero-order valence-electron chi connectivity index (χ0n) is 15.3. The van der Waals surface area contributed by atoms with Gasteiger partial charge in [0.05, 0.1) is 24.1 Å². The monoisotopic (exact) mass is 443 g/mol. The highest BCUT2D eigenvalue weighted by atomic mass is 35.5. The van der Waals surface area contributed by atoms with Crippen LogP contribution in [0.3, 0.4) is 0 Å². The number of rotatable bonds is 8. The minimum Gasteiger partial charge on any atom is -0.381 e. The number of carbonyl (C=O) groups is 1. The van der Waals surface area contributed by atoms with Gasteiger partial charge in [0.15, 0.2) is 15.6 Å². The molecule has 10 heteroatoms. The minimum absolute atomic E-state index is 0.0315. The maximum Gasteiger partial charge on any atom is 0.184 e. The average molecular weight is 444 g/mol. The summed E-state index contributed by atoms with van der Waals surface area (Å²) in [5.41, 5.74) is 0. The summed E-state index contributed by atoms with van der Waals surface area (Å²) in [4.78, 5) is 17.5. The molecule has 2 aromatic rings. The van der Waals surface area contributed by atoms with Gasteiger partial charge in [0.25, 0.3) is 0 Å². The molecule has 0 amide bonds. The van der Waals surface area contributed by atoms with Crippen LogP contribution in [0.25, 0.3) is 0 Å². The van der Waals surface area contributed by atoms with Crippen LogP contribution in [0.1, 0.15) is 43.2 Å². The van der Waals surface area contributed by atoms with Crippen molar-refractivity contribution in [3.8, 4) is 0 Å². The van der Waals surface area contributed by atoms with Crippen molar-refractivity contribution in [3.05, 3.63) is 27.9 Å². The number of nitrogens with zero attached hydrogens (tertiary/aromatic N) is 3. The summed E-state index contributed by atoms with van der Waals surface area (Å²) in [6.45, 7) is 1.38. The number of aromatic nitrogens is 3. The van der Waals surface area contributed by atoms with E-state index in [1.54, 1.807) is 0 Å². The van der Waals surface area contributed by atoms with E-state index in [2.05, 4.69) is 10.1 Å². The second-order valence-corrected chi connectivity index (χ2v) is 11.4. The molecule has 0 bridgehead atoms. The molecule has 2 aromatic heterocycles. The maximum atomic E-state index is 13.1. The molecule has 0 spiro atoms. The van der Waals surface area contributed by atoms with E-state index in [-0.39, 0.29) is 22.3 Å². The Morgan fingerprint density at radius 3 is 2.68 bits per heavy atom. The van der Waals surface area contributed by atoms with E-state index in [1.165, 1.54) is 34.6 Å². The van der Waals surface area contributed by atoms with Gasteiger partial charge in [0, 0.05) is 19.4 Å². The molecular formula is C18H22ClN3O4S2. The number of ether oxygens (including phenoxy) is 1. The molecule has 7 nitrogen and oxygen atoms in total. The fourth-order valence-corrected chi connectivity index (χ4v) is 6.09. The lowest BCUT2D eigenvalue weighted by Gasteiger charge is -2.26. The van der Waals surface area contributed by atoms with E-state index in [1.807, 2.05) is 0 Å². The Hall–Kier alpha value is -1.29. The number of sulfone groups is 1. The predicted octanol–water partition coefficient (Wildman–Crippen LogP) is 3.10. The highest BCUT2D eigenvalue weighted by Gasteiger charge is 2.38. The van der Waals surface area contributed by atoms with E-state index in [0.29, 0.717) is 47.7 Å². The van der Waals surface area contributed by atoms with Crippen molar-refractivity contribution in [2.24, 2.45) is 5.92 Å². The number of thiazole rings is 1. The van der Waals surface area contributed by atoms with Crippen LogP contribution in [0.5, 0.6) is 0 Å². The van der Waals surface area contributed by atoms with Gasteiger partial charge < -0.3 is 4.74 Å². The Labute approximate surface area is 173 Å². The van der Waals surface area contributed by atoms with Gasteiger partial charge in [-0.1, -0.05) is 11.6 Å². The van der Waals surface area contributed by atoms with Crippen LogP contribution < -0.4 is 0 Å². The summed E-state index contributed by atoms with van der Waals surface area (Å²) >= 11 is 7.22. The lowest BCUT2D eigenvalue weighted by atomic mass is 9.90. The molecule has 152 valence electrons. The lowest BCUT2D eigenvalue weighted by molar-refractivity contribution is -0.122. The van der Waals surface area contributed by atoms with Crippen LogP contribution in [0, 0.1) is 5.92 Å². The van der Waals surface area contributed by atoms with Crippen LogP contribution in [-0.2, 0) is 25.8 Å². The predicted molar refractivity (Wildman–Crippen MR) is 105 cm³/mol. The Kier molecular flexibility index (Phi) is 5.87. The summed E-state index contributed by atoms with van der Waals surface area (Å²) < 4.78 is 32.5. The molecule has 3 heterocycles. The first-order chi connectivity index (χ1) is 13.4. The number of halogens is 1. The van der Waals surface area contributed by atoms with Gasteiger partial charge in [-0.2, -0.15) is 5.10 Å². The van der Waals surface area contributed by atoms with E-state index in [9.17, 15) is 13.2 Å². The lowest BCUT2D eigenvalue weighted by Crippen LogP contribution is -2.27. The molecule has 0 radical (unpaired) electrons. The third kappa shape index (κ3) is 4.48. The Bertz CT molecular complexity index is 946. The number of carbonyl (C=O) groups excluding carboxylic acids is 1. The van der Waals surface area contributed by atoms with Crippen molar-refractivity contribution >= 4 is 38.6 Å². The number of hydrogen-bond acceptors (Lipinski definition) is 7. The highest BCUT2D eigenvalue weighted by Crippen LogP contribution is 2.34. The van der Waals surface area contributed by atoms with Crippen molar-refractivity contribution in [2.75, 3.05) is 13.2 Å². The van der Waals surface area contributed by atoms with Crippen LogP contribution in [-0.4, -0.2) is 47.4 Å². The molecule has 0 N–H and O–H groups in total. The Balaban J connectivity index is 1.56. The summed E-state index contributed by atoms with van der Waals surface area (Å²) in [6.07, 6.45) is 8.38. The largest absolute Gasteiger partial charge is 0.381 e. The molecule has 0 aromatic carbocycles. The zero-order chi connectivity index (χ0) is 19.7. The van der Waals surface area contributed by atoms with Gasteiger partial charge in [-0.05, 0) is 38.0 Å². The van der Waals surface area contributed by atoms with Crippen LogP contribution in [0.4, 0.5) is 0 Å². The quantitative estimate of drug-likeness (QED) is 0.622. The van der Waals surface area contributed by atoms with Gasteiger partial charge in [-0.3, -0.25) is 9.48 Å². The molecule has 1 saturated heterocycles. The second-order valence-electron chi connectivity index (χ2n) is 7.41. The number of Topliss-reactive ketones (excluding diaryl/α,β-unsaturated/α-hetero) is 1. The molecule has 4 rings (SSSR count). The first kappa shape index (κ1) is 20.0. The number of ketones is 1. The SMILES string of the molecule is O=C(Cc1ncc(Cl)s1)C(CC1CCOCC1)n1cc(S(=O)(=O)C2CC2)cn1. The van der Waals surface area contributed by atoms with Crippen molar-refractivity contribution in [1.29, 1.82) is 0 Å². The van der Waals surface area contributed by atoms with E-state index < -0.39 is 15.9 Å². The second kappa shape index (κ2) is 8.22. The number of hydrogen-bond donors (Lipinski definition) is 0. The van der Waals surface area contributed by atoms with E-state index >= 15 is 0 Å². The van der Waals surface area contributed by atoms with E-state index in [0.717, 1.165) is 12.8 Å². The van der Waals surface area contributed by atoms with Crippen molar-refractivity contribution < 1.29 is 17.9 Å². The Morgan fingerprint density at radius 2 is 2.04 bits per heavy atom. The van der Waals surface area contributed by atoms with Crippen molar-refractivity contribution in [2.45, 2.75) is 54.7 Å². The smallest absolute Gasteiger partial charge is 0.184 e. The normalized spacial score (nSPS) is 19.6. The summed E-state index contributed by atoms with van der Waals surface area (Å²) in [5.74, 6) is 0.311. The summed E-state index contributed by atoms with van der Waals surface area (Å²) in [7, 11) is -3.34. The van der Waals surface area contributed by atoms with Crippen LogP contribution >= 0.6 is 22.9 Å². The van der Waals surface area contributed by atoms with Crippen LogP contribution in [0.2, 0.25) is 4.34 Å². The highest BCUT2D eigenvalue weighted by molar-refractivity contribution is 7.92. The standard InChI is InChI=1S/C18H22ClN3O4S2/c19-17-10-20-18(27-17)8-16(23)15(7-12-3-5-26-6-4-12)22-11-14(9-21-22)28(24,25)13-1-2-13/h9-13,15H,1-8H2. The van der Waals surface area contributed by atoms with Crippen LogP contribution in [0.15, 0.2) is 23.5 Å². The van der Waals surface area contributed by atoms with Gasteiger partial charge in [0.2, 0.25) is 0 Å². The molecule has 2 fully saturated rings. The molecule has 1 saturated carbocycles. The molecule has 2 aliphatic rings. The fraction of sp³-hybridized carbons (Fsp3) is 0.611. The summed E-state index contributed by atoms with van der Waals surface area (Å²) in [5, 5.41) is 4.63. The molecule has 1 atom stereocenters. The first-order valence-corrected chi connectivity index (χ1v) is 12.2. The topological polar surface area (TPSA) is 91.1 Å². The first-order valence-electron chi connectivity index (χ1n) is 9.42. The molecule has 1 aliphatic heterocycles. The van der Waals surface area contributed by atoms with Gasteiger partial charge in [-0.25, -0.2) is 13.4 Å². The molecule has 1 unspecified atom stereocenters. The summed E-state index contributed by atoms with van der Waals surface area (Å²) in [6, 6.07) is -0.520. The Morgan fingerprint density at radius 1 is 1.29 bits per heavy atom. The van der Waals surface area contributed by atoms with E-state index in [4.69, 9.17) is 16.3 Å². The van der Waals surface area contributed by atoms with Gasteiger partial charge >= 0.3 is 0 Å². The molecular weight excluding hydrogens is 422 g/mol. The third-order valence-electron chi connectivity index (χ3n) is 5.31. The third-order valence-corrected chi connectivity index (χ3v) is 8.64. The molecule has 28 heavy (non-hydrogen) atoms. The fourth-order valence-electron chi connectivity index (χ4n) is 3.53. The minimum atomic E-state index is -3.34. The van der Waals surface area contributed by atoms with Crippen molar-refractivity contribution in [3.63, 3.8) is 0 Å². The average Bonchev–Trinajstić information content (AvgIpc) is 3.30. The maximum absolute atomic E-state index is 13.1. The van der Waals surface area contributed by atoms with Gasteiger partial charge in [-0.15, -0.1) is 11.3 Å². The van der Waals surface area contributed by atoms with Gasteiger partial charge in [0.1, 0.15) is 20.3 Å². The van der Waals surface area contributed by atoms with Crippen molar-refractivity contribution in [1.82, 2.24) is 14.8 Å². The zero-order valence-corrected chi connectivity index (χ0v) is 17.7. The molecule has 1 aliphatic carbocycles.